The molecular formula is C16H17FN2O. The van der Waals surface area contributed by atoms with E-state index < -0.39 is 0 Å². The van der Waals surface area contributed by atoms with E-state index in [0.717, 1.165) is 22.2 Å². The second kappa shape index (κ2) is 5.74. The van der Waals surface area contributed by atoms with Crippen molar-refractivity contribution in [2.45, 2.75) is 6.92 Å². The fourth-order valence-electron chi connectivity index (χ4n) is 2.11. The summed E-state index contributed by atoms with van der Waals surface area (Å²) in [6, 6.07) is 4.68. The molecule has 1 heterocycles. The second-order valence-corrected chi connectivity index (χ2v) is 4.51. The van der Waals surface area contributed by atoms with Gasteiger partial charge in [-0.1, -0.05) is 12.7 Å². The third-order valence-corrected chi connectivity index (χ3v) is 3.30. The number of ether oxygens (including phenoxy) is 1. The van der Waals surface area contributed by atoms with Crippen LogP contribution in [0.1, 0.15) is 5.69 Å². The molecule has 0 unspecified atom stereocenters. The van der Waals surface area contributed by atoms with E-state index in [2.05, 4.69) is 18.3 Å². The van der Waals surface area contributed by atoms with Gasteiger partial charge in [-0.05, 0) is 31.8 Å². The van der Waals surface area contributed by atoms with E-state index in [0.29, 0.717) is 12.4 Å². The van der Waals surface area contributed by atoms with Gasteiger partial charge >= 0.3 is 0 Å². The smallest absolute Gasteiger partial charge is 0.148 e. The number of benzene rings is 1. The summed E-state index contributed by atoms with van der Waals surface area (Å²) in [5.74, 6) is 0.402. The van der Waals surface area contributed by atoms with Crippen molar-refractivity contribution in [2.24, 2.45) is 12.0 Å². The number of aromatic nitrogens is 1. The molecule has 0 amide bonds. The van der Waals surface area contributed by atoms with Gasteiger partial charge in [0, 0.05) is 24.2 Å². The van der Waals surface area contributed by atoms with E-state index >= 15 is 0 Å². The first-order chi connectivity index (χ1) is 9.58. The van der Waals surface area contributed by atoms with Crippen molar-refractivity contribution in [3.05, 3.63) is 54.1 Å². The number of rotatable bonds is 5. The molecule has 0 saturated carbocycles. The number of hydrogen-bond donors (Lipinski definition) is 0. The number of aryl methyl sites for hydroxylation is 1. The Kier molecular flexibility index (Phi) is 4.03. The summed E-state index contributed by atoms with van der Waals surface area (Å²) in [4.78, 5) is 3.69. The Morgan fingerprint density at radius 1 is 1.50 bits per heavy atom. The van der Waals surface area contributed by atoms with Crippen molar-refractivity contribution in [1.82, 2.24) is 4.57 Å². The van der Waals surface area contributed by atoms with Gasteiger partial charge in [0.1, 0.15) is 18.2 Å². The van der Waals surface area contributed by atoms with Gasteiger partial charge in [-0.3, -0.25) is 4.99 Å². The molecule has 0 N–H and O–H groups in total. The fourth-order valence-corrected chi connectivity index (χ4v) is 2.11. The molecule has 1 aromatic carbocycles. The maximum Gasteiger partial charge on any atom is 0.148 e. The molecule has 0 aliphatic heterocycles. The van der Waals surface area contributed by atoms with Crippen LogP contribution in [0, 0.1) is 12.7 Å². The van der Waals surface area contributed by atoms with Crippen LogP contribution in [0.15, 0.2) is 47.6 Å². The third-order valence-electron chi connectivity index (χ3n) is 3.30. The maximum atomic E-state index is 13.4. The van der Waals surface area contributed by atoms with Crippen LogP contribution < -0.4 is 4.74 Å². The molecule has 0 bridgehead atoms. The molecule has 2 aromatic rings. The standard InChI is InChI=1S/C16H17FN2O/c1-5-12(9-18-3)10-20-16-11(2)19(4)15-7-6-13(17)8-14(15)16/h5-9H,1,3,10H2,2,4H3/b12-9+. The summed E-state index contributed by atoms with van der Waals surface area (Å²) in [5, 5.41) is 0.764. The number of hydrogen-bond acceptors (Lipinski definition) is 2. The number of fused-ring (bicyclic) bond motifs is 1. The average molecular weight is 272 g/mol. The fraction of sp³-hybridized carbons (Fsp3) is 0.188. The monoisotopic (exact) mass is 272 g/mol. The SMILES string of the molecule is C=C/C(=C\N=C)COc1c(C)n(C)c2ccc(F)cc12. The van der Waals surface area contributed by atoms with E-state index in [1.165, 1.54) is 12.1 Å². The van der Waals surface area contributed by atoms with Crippen LogP contribution in [0.3, 0.4) is 0 Å². The molecular weight excluding hydrogens is 255 g/mol. The second-order valence-electron chi connectivity index (χ2n) is 4.51. The van der Waals surface area contributed by atoms with Gasteiger partial charge in [-0.25, -0.2) is 4.39 Å². The molecule has 2 rings (SSSR count). The minimum absolute atomic E-state index is 0.278. The summed E-state index contributed by atoms with van der Waals surface area (Å²) in [7, 11) is 1.93. The molecule has 0 aliphatic carbocycles. The molecule has 104 valence electrons. The van der Waals surface area contributed by atoms with Crippen molar-refractivity contribution in [2.75, 3.05) is 6.61 Å². The zero-order chi connectivity index (χ0) is 14.7. The lowest BCUT2D eigenvalue weighted by molar-refractivity contribution is 0.355. The van der Waals surface area contributed by atoms with E-state index in [-0.39, 0.29) is 5.82 Å². The largest absolute Gasteiger partial charge is 0.486 e. The average Bonchev–Trinajstić information content (AvgIpc) is 2.67. The molecule has 0 spiro atoms. The van der Waals surface area contributed by atoms with Crippen LogP contribution in [0.25, 0.3) is 10.9 Å². The van der Waals surface area contributed by atoms with Crippen LogP contribution in [0.2, 0.25) is 0 Å². The Bertz CT molecular complexity index is 698. The van der Waals surface area contributed by atoms with Gasteiger partial charge in [0.15, 0.2) is 0 Å². The molecule has 1 aromatic heterocycles. The van der Waals surface area contributed by atoms with E-state index in [4.69, 9.17) is 4.74 Å². The molecule has 3 nitrogen and oxygen atoms in total. The zero-order valence-corrected chi connectivity index (χ0v) is 11.7. The van der Waals surface area contributed by atoms with Crippen molar-refractivity contribution in [3.63, 3.8) is 0 Å². The minimum Gasteiger partial charge on any atom is -0.486 e. The van der Waals surface area contributed by atoms with Crippen LogP contribution in [-0.4, -0.2) is 17.9 Å². The topological polar surface area (TPSA) is 26.5 Å². The molecule has 0 aliphatic rings. The lowest BCUT2D eigenvalue weighted by Gasteiger charge is -2.07. The predicted molar refractivity (Wildman–Crippen MR) is 80.9 cm³/mol. The Labute approximate surface area is 117 Å². The van der Waals surface area contributed by atoms with Gasteiger partial charge in [-0.15, -0.1) is 0 Å². The van der Waals surface area contributed by atoms with Crippen molar-refractivity contribution >= 4 is 17.6 Å². The van der Waals surface area contributed by atoms with Crippen LogP contribution >= 0.6 is 0 Å². The minimum atomic E-state index is -0.278. The van der Waals surface area contributed by atoms with Gasteiger partial charge < -0.3 is 9.30 Å². The van der Waals surface area contributed by atoms with Crippen molar-refractivity contribution < 1.29 is 9.13 Å². The highest BCUT2D eigenvalue weighted by Gasteiger charge is 2.14. The van der Waals surface area contributed by atoms with E-state index in [1.807, 2.05) is 18.5 Å². The lowest BCUT2D eigenvalue weighted by atomic mass is 10.2. The van der Waals surface area contributed by atoms with Gasteiger partial charge in [-0.2, -0.15) is 0 Å². The first kappa shape index (κ1) is 14.1. The highest BCUT2D eigenvalue weighted by atomic mass is 19.1. The highest BCUT2D eigenvalue weighted by molar-refractivity contribution is 5.88. The lowest BCUT2D eigenvalue weighted by Crippen LogP contribution is -2.00. The Morgan fingerprint density at radius 2 is 2.25 bits per heavy atom. The van der Waals surface area contributed by atoms with Crippen LogP contribution in [0.5, 0.6) is 5.75 Å². The molecule has 0 fully saturated rings. The van der Waals surface area contributed by atoms with E-state index in [1.54, 1.807) is 18.3 Å². The zero-order valence-electron chi connectivity index (χ0n) is 11.7. The normalized spacial score (nSPS) is 11.7. The quantitative estimate of drug-likeness (QED) is 0.601. The highest BCUT2D eigenvalue weighted by Crippen LogP contribution is 2.32. The van der Waals surface area contributed by atoms with Crippen LogP contribution in [-0.2, 0) is 7.05 Å². The van der Waals surface area contributed by atoms with Gasteiger partial charge in [0.25, 0.3) is 0 Å². The number of halogens is 1. The molecule has 0 saturated heterocycles. The van der Waals surface area contributed by atoms with Gasteiger partial charge in [0.2, 0.25) is 0 Å². The van der Waals surface area contributed by atoms with Crippen molar-refractivity contribution in [3.8, 4) is 5.75 Å². The Balaban J connectivity index is 2.41. The van der Waals surface area contributed by atoms with Crippen LogP contribution in [0.4, 0.5) is 4.39 Å². The summed E-state index contributed by atoms with van der Waals surface area (Å²) in [6.45, 7) is 9.36. The van der Waals surface area contributed by atoms with E-state index in [9.17, 15) is 4.39 Å². The Morgan fingerprint density at radius 3 is 2.90 bits per heavy atom. The summed E-state index contributed by atoms with van der Waals surface area (Å²) >= 11 is 0. The summed E-state index contributed by atoms with van der Waals surface area (Å²) < 4.78 is 21.2. The Hall–Kier alpha value is -2.36. The third kappa shape index (κ3) is 2.50. The number of aliphatic imine (C=N–C) groups is 1. The summed E-state index contributed by atoms with van der Waals surface area (Å²) in [6.07, 6.45) is 3.25. The van der Waals surface area contributed by atoms with Gasteiger partial charge in [0.05, 0.1) is 11.2 Å². The maximum absolute atomic E-state index is 13.4. The summed E-state index contributed by atoms with van der Waals surface area (Å²) in [5.41, 5.74) is 2.69. The van der Waals surface area contributed by atoms with Crippen molar-refractivity contribution in [1.29, 1.82) is 0 Å². The molecule has 0 atom stereocenters. The molecule has 20 heavy (non-hydrogen) atoms. The number of nitrogens with zero attached hydrogens (tertiary/aromatic N) is 2. The first-order valence-corrected chi connectivity index (χ1v) is 6.23. The molecule has 0 radical (unpaired) electrons. The molecule has 4 heteroatoms. The first-order valence-electron chi connectivity index (χ1n) is 6.23. The predicted octanol–water partition coefficient (Wildman–Crippen LogP) is 3.78.